The van der Waals surface area contributed by atoms with E-state index in [4.69, 9.17) is 10.5 Å². The molecule has 1 heterocycles. The van der Waals surface area contributed by atoms with Crippen molar-refractivity contribution in [2.24, 2.45) is 5.73 Å². The highest BCUT2D eigenvalue weighted by atomic mass is 19.4. The minimum absolute atomic E-state index is 0.0336. The maximum atomic E-state index is 12.7. The van der Waals surface area contributed by atoms with Crippen LogP contribution in [0.4, 0.5) is 13.2 Å². The SMILES string of the molecule is CN1CCC(Oc2ccc(C(F)(F)F)cc2CN)CC1. The van der Waals surface area contributed by atoms with Gasteiger partial charge < -0.3 is 15.4 Å². The Morgan fingerprint density at radius 2 is 1.95 bits per heavy atom. The van der Waals surface area contributed by atoms with E-state index < -0.39 is 11.7 Å². The number of halogens is 3. The van der Waals surface area contributed by atoms with Crippen molar-refractivity contribution < 1.29 is 17.9 Å². The van der Waals surface area contributed by atoms with Crippen LogP contribution in [0.3, 0.4) is 0 Å². The highest BCUT2D eigenvalue weighted by Gasteiger charge is 2.31. The van der Waals surface area contributed by atoms with Crippen molar-refractivity contribution in [3.05, 3.63) is 29.3 Å². The Morgan fingerprint density at radius 1 is 1.30 bits per heavy atom. The van der Waals surface area contributed by atoms with Gasteiger partial charge in [0.1, 0.15) is 11.9 Å². The minimum atomic E-state index is -4.35. The molecule has 20 heavy (non-hydrogen) atoms. The molecule has 3 nitrogen and oxygen atoms in total. The molecule has 1 aromatic rings. The molecule has 1 saturated heterocycles. The van der Waals surface area contributed by atoms with Gasteiger partial charge in [-0.2, -0.15) is 13.2 Å². The largest absolute Gasteiger partial charge is 0.490 e. The fraction of sp³-hybridized carbons (Fsp3) is 0.571. The zero-order valence-electron chi connectivity index (χ0n) is 11.4. The Hall–Kier alpha value is -1.27. The topological polar surface area (TPSA) is 38.5 Å². The van der Waals surface area contributed by atoms with E-state index in [2.05, 4.69) is 4.90 Å². The lowest BCUT2D eigenvalue weighted by molar-refractivity contribution is -0.137. The van der Waals surface area contributed by atoms with E-state index in [1.54, 1.807) is 0 Å². The molecule has 1 aliphatic heterocycles. The zero-order valence-corrected chi connectivity index (χ0v) is 11.4. The number of likely N-dealkylation sites (tertiary alicyclic amines) is 1. The summed E-state index contributed by atoms with van der Waals surface area (Å²) in [6, 6.07) is 3.50. The molecule has 2 N–H and O–H groups in total. The van der Waals surface area contributed by atoms with Gasteiger partial charge in [-0.3, -0.25) is 0 Å². The number of rotatable bonds is 3. The second-order valence-electron chi connectivity index (χ2n) is 5.14. The summed E-state index contributed by atoms with van der Waals surface area (Å²) >= 11 is 0. The number of hydrogen-bond donors (Lipinski definition) is 1. The van der Waals surface area contributed by atoms with Crippen LogP contribution in [0.25, 0.3) is 0 Å². The van der Waals surface area contributed by atoms with Crippen LogP contribution in [0.2, 0.25) is 0 Å². The van der Waals surface area contributed by atoms with Gasteiger partial charge in [-0.05, 0) is 38.1 Å². The van der Waals surface area contributed by atoms with Crippen LogP contribution >= 0.6 is 0 Å². The number of hydrogen-bond acceptors (Lipinski definition) is 3. The summed E-state index contributed by atoms with van der Waals surface area (Å²) < 4.78 is 43.8. The molecule has 6 heteroatoms. The third-order valence-electron chi connectivity index (χ3n) is 3.57. The van der Waals surface area contributed by atoms with Crippen molar-refractivity contribution in [2.45, 2.75) is 31.7 Å². The summed E-state index contributed by atoms with van der Waals surface area (Å²) in [4.78, 5) is 2.20. The normalized spacial score (nSPS) is 18.2. The van der Waals surface area contributed by atoms with Gasteiger partial charge in [0.05, 0.1) is 5.56 Å². The molecule has 0 saturated carbocycles. The molecule has 0 radical (unpaired) electrons. The molecule has 1 fully saturated rings. The summed E-state index contributed by atoms with van der Waals surface area (Å²) in [5.74, 6) is 0.468. The number of nitrogens with two attached hydrogens (primary N) is 1. The first kappa shape index (κ1) is 15.1. The number of ether oxygens (including phenoxy) is 1. The molecule has 0 atom stereocenters. The van der Waals surface area contributed by atoms with Crippen LogP contribution in [-0.4, -0.2) is 31.1 Å². The molecule has 0 amide bonds. The molecule has 0 aromatic heterocycles. The highest BCUT2D eigenvalue weighted by Crippen LogP contribution is 2.33. The third kappa shape index (κ3) is 3.64. The Bertz CT molecular complexity index is 454. The van der Waals surface area contributed by atoms with Crippen molar-refractivity contribution in [2.75, 3.05) is 20.1 Å². The summed E-state index contributed by atoms with van der Waals surface area (Å²) in [5.41, 5.74) is 5.25. The van der Waals surface area contributed by atoms with Crippen molar-refractivity contribution in [1.82, 2.24) is 4.90 Å². The lowest BCUT2D eigenvalue weighted by atomic mass is 10.1. The Kier molecular flexibility index (Phi) is 4.55. The number of nitrogens with zero attached hydrogens (tertiary/aromatic N) is 1. The molecule has 1 aromatic carbocycles. The second kappa shape index (κ2) is 6.01. The van der Waals surface area contributed by atoms with Crippen LogP contribution in [0.5, 0.6) is 5.75 Å². The Balaban J connectivity index is 2.12. The maximum Gasteiger partial charge on any atom is 0.416 e. The molecular formula is C14H19F3N2O. The molecule has 2 rings (SSSR count). The minimum Gasteiger partial charge on any atom is -0.490 e. The van der Waals surface area contributed by atoms with Gasteiger partial charge in [0.2, 0.25) is 0 Å². The van der Waals surface area contributed by atoms with Crippen LogP contribution in [0.15, 0.2) is 18.2 Å². The van der Waals surface area contributed by atoms with E-state index in [9.17, 15) is 13.2 Å². The van der Waals surface area contributed by atoms with E-state index in [0.717, 1.165) is 38.1 Å². The van der Waals surface area contributed by atoms with Gasteiger partial charge in [-0.1, -0.05) is 0 Å². The predicted octanol–water partition coefficient (Wildman–Crippen LogP) is 2.64. The molecule has 0 spiro atoms. The van der Waals surface area contributed by atoms with Gasteiger partial charge in [-0.15, -0.1) is 0 Å². The summed E-state index contributed by atoms with van der Waals surface area (Å²) in [7, 11) is 2.04. The average molecular weight is 288 g/mol. The van der Waals surface area contributed by atoms with Crippen molar-refractivity contribution in [3.63, 3.8) is 0 Å². The quantitative estimate of drug-likeness (QED) is 0.929. The smallest absolute Gasteiger partial charge is 0.416 e. The van der Waals surface area contributed by atoms with Gasteiger partial charge in [0, 0.05) is 25.2 Å². The first-order valence-electron chi connectivity index (χ1n) is 6.65. The Labute approximate surface area is 116 Å². The van der Waals surface area contributed by atoms with Gasteiger partial charge in [0.15, 0.2) is 0 Å². The van der Waals surface area contributed by atoms with E-state index in [1.807, 2.05) is 7.05 Å². The summed E-state index contributed by atoms with van der Waals surface area (Å²) in [5, 5.41) is 0. The van der Waals surface area contributed by atoms with Gasteiger partial charge in [0.25, 0.3) is 0 Å². The number of piperidine rings is 1. The van der Waals surface area contributed by atoms with Crippen LogP contribution < -0.4 is 10.5 Å². The monoisotopic (exact) mass is 288 g/mol. The van der Waals surface area contributed by atoms with E-state index in [0.29, 0.717) is 11.3 Å². The summed E-state index contributed by atoms with van der Waals surface area (Å²) in [6.45, 7) is 1.90. The van der Waals surface area contributed by atoms with E-state index in [1.165, 1.54) is 6.07 Å². The fourth-order valence-electron chi connectivity index (χ4n) is 2.31. The summed E-state index contributed by atoms with van der Waals surface area (Å²) in [6.07, 6.45) is -2.55. The molecule has 0 bridgehead atoms. The van der Waals surface area contributed by atoms with Crippen LogP contribution in [0, 0.1) is 0 Å². The van der Waals surface area contributed by atoms with E-state index in [-0.39, 0.29) is 12.6 Å². The lowest BCUT2D eigenvalue weighted by Crippen LogP contribution is -2.35. The van der Waals surface area contributed by atoms with Crippen LogP contribution in [0.1, 0.15) is 24.0 Å². The lowest BCUT2D eigenvalue weighted by Gasteiger charge is -2.30. The molecule has 1 aliphatic rings. The first-order chi connectivity index (χ1) is 9.40. The first-order valence-corrected chi connectivity index (χ1v) is 6.65. The van der Waals surface area contributed by atoms with E-state index >= 15 is 0 Å². The van der Waals surface area contributed by atoms with Crippen molar-refractivity contribution >= 4 is 0 Å². The van der Waals surface area contributed by atoms with Crippen molar-refractivity contribution in [1.29, 1.82) is 0 Å². The molecular weight excluding hydrogens is 269 g/mol. The third-order valence-corrected chi connectivity index (χ3v) is 3.57. The van der Waals surface area contributed by atoms with Gasteiger partial charge >= 0.3 is 6.18 Å². The second-order valence-corrected chi connectivity index (χ2v) is 5.14. The number of benzene rings is 1. The fourth-order valence-corrected chi connectivity index (χ4v) is 2.31. The molecule has 0 unspecified atom stereocenters. The zero-order chi connectivity index (χ0) is 14.8. The predicted molar refractivity (Wildman–Crippen MR) is 70.5 cm³/mol. The Morgan fingerprint density at radius 3 is 2.50 bits per heavy atom. The standard InChI is InChI=1S/C14H19F3N2O/c1-19-6-4-12(5-7-19)20-13-3-2-11(14(15,16)17)8-10(13)9-18/h2-3,8,12H,4-7,9,18H2,1H3. The van der Waals surface area contributed by atoms with Gasteiger partial charge in [-0.25, -0.2) is 0 Å². The molecule has 112 valence electrons. The highest BCUT2D eigenvalue weighted by molar-refractivity contribution is 5.38. The number of alkyl halides is 3. The van der Waals surface area contributed by atoms with Crippen LogP contribution in [-0.2, 0) is 12.7 Å². The molecule has 0 aliphatic carbocycles. The average Bonchev–Trinajstić information content (AvgIpc) is 2.40. The maximum absolute atomic E-state index is 12.7. The van der Waals surface area contributed by atoms with Crippen molar-refractivity contribution in [3.8, 4) is 5.75 Å².